The van der Waals surface area contributed by atoms with Crippen molar-refractivity contribution in [2.75, 3.05) is 6.61 Å². The van der Waals surface area contributed by atoms with E-state index in [9.17, 15) is 4.79 Å². The largest absolute Gasteiger partial charge is 0.461 e. The molecule has 0 atom stereocenters. The molecule has 0 aromatic carbocycles. The molecule has 0 aliphatic carbocycles. The first kappa shape index (κ1) is 11.0. The molecule has 84 valence electrons. The van der Waals surface area contributed by atoms with Gasteiger partial charge in [-0.3, -0.25) is 4.40 Å². The summed E-state index contributed by atoms with van der Waals surface area (Å²) in [5, 5.41) is 0.515. The first-order chi connectivity index (χ1) is 7.65. The van der Waals surface area contributed by atoms with Crippen molar-refractivity contribution in [3.05, 3.63) is 34.7 Å². The normalized spacial score (nSPS) is 10.7. The Morgan fingerprint density at radius 1 is 1.62 bits per heavy atom. The monoisotopic (exact) mass is 238 g/mol. The minimum Gasteiger partial charge on any atom is -0.461 e. The molecule has 2 rings (SSSR count). The summed E-state index contributed by atoms with van der Waals surface area (Å²) in [4.78, 5) is 16.0. The number of pyridine rings is 1. The fraction of sp³-hybridized carbons (Fsp3) is 0.273. The number of hydrogen-bond acceptors (Lipinski definition) is 3. The number of carbonyl (C=O) groups is 1. The number of aryl methyl sites for hydroxylation is 1. The number of aromatic nitrogens is 2. The third-order valence-corrected chi connectivity index (χ3v) is 2.54. The zero-order valence-corrected chi connectivity index (χ0v) is 9.78. The summed E-state index contributed by atoms with van der Waals surface area (Å²) < 4.78 is 6.62. The van der Waals surface area contributed by atoms with Crippen molar-refractivity contribution >= 4 is 23.2 Å². The molecular weight excluding hydrogens is 228 g/mol. The van der Waals surface area contributed by atoms with Gasteiger partial charge in [0.1, 0.15) is 0 Å². The Morgan fingerprint density at radius 2 is 2.38 bits per heavy atom. The first-order valence-corrected chi connectivity index (χ1v) is 5.33. The maximum atomic E-state index is 11.7. The summed E-state index contributed by atoms with van der Waals surface area (Å²) in [6.07, 6.45) is 1.74. The van der Waals surface area contributed by atoms with E-state index in [0.717, 1.165) is 0 Å². The molecule has 0 unspecified atom stereocenters. The van der Waals surface area contributed by atoms with Gasteiger partial charge in [-0.25, -0.2) is 9.78 Å². The number of esters is 1. The standard InChI is InChI=1S/C11H11ClN2O2/c1-3-16-11(15)9-7(2)13-10-8(12)5-4-6-14(9)10/h4-6H,3H2,1-2H3. The number of imidazole rings is 1. The number of rotatable bonds is 2. The van der Waals surface area contributed by atoms with Crippen LogP contribution in [0.15, 0.2) is 18.3 Å². The summed E-state index contributed by atoms with van der Waals surface area (Å²) in [6.45, 7) is 3.87. The number of carbonyl (C=O) groups excluding carboxylic acids is 1. The Bertz CT molecular complexity index is 548. The van der Waals surface area contributed by atoms with Gasteiger partial charge in [-0.1, -0.05) is 11.6 Å². The van der Waals surface area contributed by atoms with E-state index in [4.69, 9.17) is 16.3 Å². The molecule has 0 saturated carbocycles. The lowest BCUT2D eigenvalue weighted by Crippen LogP contribution is -2.09. The van der Waals surface area contributed by atoms with Crippen molar-refractivity contribution in [2.24, 2.45) is 0 Å². The van der Waals surface area contributed by atoms with Crippen LogP contribution >= 0.6 is 11.6 Å². The third-order valence-electron chi connectivity index (χ3n) is 2.25. The molecule has 0 amide bonds. The molecule has 2 aromatic rings. The quantitative estimate of drug-likeness (QED) is 0.755. The van der Waals surface area contributed by atoms with Crippen LogP contribution in [0.4, 0.5) is 0 Å². The molecule has 5 heteroatoms. The molecule has 2 aromatic heterocycles. The van der Waals surface area contributed by atoms with Crippen LogP contribution in [0.25, 0.3) is 5.65 Å². The van der Waals surface area contributed by atoms with Gasteiger partial charge in [0.05, 0.1) is 17.3 Å². The number of nitrogens with zero attached hydrogens (tertiary/aromatic N) is 2. The molecule has 0 saturated heterocycles. The SMILES string of the molecule is CCOC(=O)c1c(C)nc2c(Cl)cccn12. The predicted octanol–water partition coefficient (Wildman–Crippen LogP) is 2.47. The summed E-state index contributed by atoms with van der Waals surface area (Å²) in [6, 6.07) is 3.50. The topological polar surface area (TPSA) is 43.6 Å². The lowest BCUT2D eigenvalue weighted by molar-refractivity contribution is 0.0517. The van der Waals surface area contributed by atoms with E-state index in [-0.39, 0.29) is 5.97 Å². The molecule has 0 radical (unpaired) electrons. The molecule has 0 aliphatic rings. The van der Waals surface area contributed by atoms with E-state index in [1.54, 1.807) is 36.6 Å². The minimum atomic E-state index is -0.380. The van der Waals surface area contributed by atoms with Crippen LogP contribution in [0.3, 0.4) is 0 Å². The van der Waals surface area contributed by atoms with Crippen molar-refractivity contribution in [1.29, 1.82) is 0 Å². The molecule has 0 bridgehead atoms. The molecule has 0 N–H and O–H groups in total. The van der Waals surface area contributed by atoms with E-state index in [0.29, 0.717) is 28.7 Å². The van der Waals surface area contributed by atoms with Gasteiger partial charge in [0.15, 0.2) is 11.3 Å². The second-order valence-corrected chi connectivity index (χ2v) is 3.72. The van der Waals surface area contributed by atoms with E-state index in [2.05, 4.69) is 4.98 Å². The van der Waals surface area contributed by atoms with Crippen LogP contribution in [-0.2, 0) is 4.74 Å². The smallest absolute Gasteiger partial charge is 0.357 e. The molecular formula is C11H11ClN2O2. The van der Waals surface area contributed by atoms with Gasteiger partial charge in [0.2, 0.25) is 0 Å². The van der Waals surface area contributed by atoms with Crippen molar-refractivity contribution < 1.29 is 9.53 Å². The Balaban J connectivity index is 2.65. The van der Waals surface area contributed by atoms with Gasteiger partial charge < -0.3 is 4.74 Å². The summed E-state index contributed by atoms with van der Waals surface area (Å²) in [5.74, 6) is -0.380. The van der Waals surface area contributed by atoms with Crippen LogP contribution in [0.5, 0.6) is 0 Å². The molecule has 4 nitrogen and oxygen atoms in total. The fourth-order valence-corrected chi connectivity index (χ4v) is 1.80. The summed E-state index contributed by atoms with van der Waals surface area (Å²) in [7, 11) is 0. The molecule has 0 fully saturated rings. The van der Waals surface area contributed by atoms with E-state index >= 15 is 0 Å². The van der Waals surface area contributed by atoms with Crippen LogP contribution in [0.1, 0.15) is 23.1 Å². The zero-order chi connectivity index (χ0) is 11.7. The Hall–Kier alpha value is -1.55. The van der Waals surface area contributed by atoms with Crippen LogP contribution in [0.2, 0.25) is 5.02 Å². The second kappa shape index (κ2) is 4.14. The molecule has 2 heterocycles. The number of halogens is 1. The fourth-order valence-electron chi connectivity index (χ4n) is 1.59. The highest BCUT2D eigenvalue weighted by molar-refractivity contribution is 6.33. The van der Waals surface area contributed by atoms with Crippen molar-refractivity contribution in [1.82, 2.24) is 9.38 Å². The van der Waals surface area contributed by atoms with Gasteiger partial charge in [0.25, 0.3) is 0 Å². The Labute approximate surface area is 97.8 Å². The van der Waals surface area contributed by atoms with Crippen LogP contribution < -0.4 is 0 Å². The van der Waals surface area contributed by atoms with E-state index in [1.165, 1.54) is 0 Å². The van der Waals surface area contributed by atoms with Crippen molar-refractivity contribution in [2.45, 2.75) is 13.8 Å². The number of ether oxygens (including phenoxy) is 1. The van der Waals surface area contributed by atoms with Crippen LogP contribution in [-0.4, -0.2) is 22.0 Å². The third kappa shape index (κ3) is 1.65. The molecule has 0 aliphatic heterocycles. The molecule has 16 heavy (non-hydrogen) atoms. The van der Waals surface area contributed by atoms with Gasteiger partial charge in [0, 0.05) is 6.20 Å². The maximum Gasteiger partial charge on any atom is 0.357 e. The van der Waals surface area contributed by atoms with Gasteiger partial charge in [-0.2, -0.15) is 0 Å². The average Bonchev–Trinajstić information content (AvgIpc) is 2.56. The zero-order valence-electron chi connectivity index (χ0n) is 9.03. The summed E-state index contributed by atoms with van der Waals surface area (Å²) >= 11 is 5.99. The highest BCUT2D eigenvalue weighted by Crippen LogP contribution is 2.20. The average molecular weight is 239 g/mol. The van der Waals surface area contributed by atoms with E-state index in [1.807, 2.05) is 0 Å². The van der Waals surface area contributed by atoms with Crippen molar-refractivity contribution in [3.8, 4) is 0 Å². The Morgan fingerprint density at radius 3 is 3.06 bits per heavy atom. The maximum absolute atomic E-state index is 11.7. The summed E-state index contributed by atoms with van der Waals surface area (Å²) in [5.41, 5.74) is 1.62. The number of hydrogen-bond donors (Lipinski definition) is 0. The Kier molecular flexibility index (Phi) is 2.83. The van der Waals surface area contributed by atoms with Gasteiger partial charge >= 0.3 is 5.97 Å². The van der Waals surface area contributed by atoms with Gasteiger partial charge in [-0.15, -0.1) is 0 Å². The predicted molar refractivity (Wildman–Crippen MR) is 60.9 cm³/mol. The lowest BCUT2D eigenvalue weighted by Gasteiger charge is -2.02. The number of fused-ring (bicyclic) bond motifs is 1. The van der Waals surface area contributed by atoms with Crippen molar-refractivity contribution in [3.63, 3.8) is 0 Å². The highest BCUT2D eigenvalue weighted by Gasteiger charge is 2.18. The van der Waals surface area contributed by atoms with E-state index < -0.39 is 0 Å². The minimum absolute atomic E-state index is 0.339. The van der Waals surface area contributed by atoms with Crippen LogP contribution in [0, 0.1) is 6.92 Å². The highest BCUT2D eigenvalue weighted by atomic mass is 35.5. The lowest BCUT2D eigenvalue weighted by atomic mass is 10.3. The molecule has 0 spiro atoms. The van der Waals surface area contributed by atoms with Gasteiger partial charge in [-0.05, 0) is 26.0 Å². The second-order valence-electron chi connectivity index (χ2n) is 3.32. The first-order valence-electron chi connectivity index (χ1n) is 4.95.